The van der Waals surface area contributed by atoms with Crippen LogP contribution in [0.4, 0.5) is 5.69 Å². The van der Waals surface area contributed by atoms with Crippen molar-refractivity contribution in [1.29, 1.82) is 0 Å². The molecule has 0 spiro atoms. The summed E-state index contributed by atoms with van der Waals surface area (Å²) in [5.74, 6) is 0. The fraction of sp³-hybridized carbons (Fsp3) is 0.741. The van der Waals surface area contributed by atoms with Crippen LogP contribution in [0.25, 0.3) is 12.2 Å². The molecule has 14 bridgehead atoms. The molecule has 35 atom stereocenters. The highest BCUT2D eigenvalue weighted by Gasteiger charge is 2.60. The third-order valence-corrected chi connectivity index (χ3v) is 18.4. The Morgan fingerprint density at radius 2 is 0.596 bits per heavy atom. The molecule has 22 aliphatic rings. The highest BCUT2D eigenvalue weighted by molar-refractivity contribution is 5.79. The molecule has 2 aromatic rings. The molecule has 21 fully saturated rings. The number of para-hydroxylation sites is 1. The molecular formula is C58H83N2O34+. The van der Waals surface area contributed by atoms with E-state index in [4.69, 9.17) is 66.3 Å². The van der Waals surface area contributed by atoms with Gasteiger partial charge in [0.2, 0.25) is 5.69 Å². The van der Waals surface area contributed by atoms with Crippen LogP contribution in [0.1, 0.15) is 11.3 Å². The second kappa shape index (κ2) is 30.4. The summed E-state index contributed by atoms with van der Waals surface area (Å²) in [5.41, 5.74) is 3.06. The number of nitrogens with zero attached hydrogens (tertiary/aromatic N) is 2. The van der Waals surface area contributed by atoms with Crippen LogP contribution >= 0.6 is 0 Å². The second-order valence-electron chi connectivity index (χ2n) is 24.3. The highest BCUT2D eigenvalue weighted by Crippen LogP contribution is 2.40. The second-order valence-corrected chi connectivity index (χ2v) is 24.3. The summed E-state index contributed by atoms with van der Waals surface area (Å²) in [6.45, 7) is -6.60. The van der Waals surface area contributed by atoms with Gasteiger partial charge in [-0.3, -0.25) is 0 Å². The maximum absolute atomic E-state index is 12.2. The van der Waals surface area contributed by atoms with Crippen molar-refractivity contribution in [1.82, 2.24) is 0 Å². The molecule has 21 saturated heterocycles. The van der Waals surface area contributed by atoms with Crippen molar-refractivity contribution >= 4 is 17.8 Å². The van der Waals surface area contributed by atoms with Gasteiger partial charge in [0.15, 0.2) is 56.8 Å². The van der Waals surface area contributed by atoms with Crippen LogP contribution in [0.15, 0.2) is 60.4 Å². The monoisotopic (exact) mass is 1350 g/mol. The number of aromatic nitrogens is 1. The number of anilines is 1. The number of hydrogen-bond acceptors (Lipinski definition) is 35. The van der Waals surface area contributed by atoms with Gasteiger partial charge >= 0.3 is 0 Å². The van der Waals surface area contributed by atoms with Gasteiger partial charge in [0.25, 0.3) is 0 Å². The molecule has 1 aromatic carbocycles. The molecule has 22 aliphatic heterocycles. The van der Waals surface area contributed by atoms with E-state index in [1.54, 1.807) is 29.0 Å². The van der Waals surface area contributed by atoms with Crippen LogP contribution in [0.3, 0.4) is 0 Å². The Bertz CT molecular complexity index is 2840. The van der Waals surface area contributed by atoms with E-state index >= 15 is 0 Å². The van der Waals surface area contributed by atoms with Crippen molar-refractivity contribution in [3.8, 4) is 0 Å². The Morgan fingerprint density at radius 3 is 0.894 bits per heavy atom. The van der Waals surface area contributed by atoms with Crippen LogP contribution in [0.5, 0.6) is 0 Å². The number of hydrogen-bond donors (Lipinski definition) is 20. The number of allylic oxidation sites excluding steroid dienone is 1. The number of pyridine rings is 1. The Balaban J connectivity index is 0.911. The quantitative estimate of drug-likeness (QED) is 0.104. The average molecular weight is 1350 g/mol. The molecule has 0 amide bonds. The molecular weight excluding hydrogens is 1270 g/mol. The van der Waals surface area contributed by atoms with E-state index < -0.39 is 255 Å². The Labute approximate surface area is 534 Å². The lowest BCUT2D eigenvalue weighted by atomic mass is 9.95. The molecule has 24 rings (SSSR count). The molecule has 36 nitrogen and oxygen atoms in total. The summed E-state index contributed by atoms with van der Waals surface area (Å²) in [6.07, 6.45) is -63.0. The molecule has 528 valence electrons. The Hall–Kier alpha value is -3.71. The van der Waals surface area contributed by atoms with E-state index in [2.05, 4.69) is 0 Å². The lowest BCUT2D eigenvalue weighted by Crippen LogP contribution is -2.69. The smallest absolute Gasteiger partial charge is 0.207 e. The molecule has 36 heteroatoms. The lowest BCUT2D eigenvalue weighted by molar-refractivity contribution is -0.709. The van der Waals surface area contributed by atoms with Crippen LogP contribution < -0.4 is 9.47 Å². The first kappa shape index (κ1) is 71.6. The molecule has 0 aliphatic carbocycles. The molecule has 0 unspecified atom stereocenters. The number of aliphatic hydroxyl groups excluding tert-OH is 20. The van der Waals surface area contributed by atoms with Crippen LogP contribution in [0.2, 0.25) is 0 Å². The number of ether oxygens (including phenoxy) is 14. The lowest BCUT2D eigenvalue weighted by Gasteiger charge is -2.50. The fourth-order valence-corrected chi connectivity index (χ4v) is 13.1. The first-order valence-electron chi connectivity index (χ1n) is 30.6. The van der Waals surface area contributed by atoms with Gasteiger partial charge in [-0.1, -0.05) is 24.3 Å². The number of likely N-dealkylation sites (N-methyl/N-ethyl adjacent to an activating group) is 1. The van der Waals surface area contributed by atoms with Gasteiger partial charge in [-0.15, -0.1) is 0 Å². The minimum atomic E-state index is -2.22. The predicted octanol–water partition coefficient (Wildman–Crippen LogP) is -11.7. The van der Waals surface area contributed by atoms with Crippen molar-refractivity contribution in [3.05, 3.63) is 71.7 Å². The first-order chi connectivity index (χ1) is 45.0. The van der Waals surface area contributed by atoms with Gasteiger partial charge < -0.3 is 173 Å². The molecule has 94 heavy (non-hydrogen) atoms. The molecule has 0 saturated carbocycles. The largest absolute Gasteiger partial charge is 0.394 e. The first-order valence-corrected chi connectivity index (χ1v) is 30.6. The van der Waals surface area contributed by atoms with Gasteiger partial charge in [0.05, 0.1) is 39.6 Å². The summed E-state index contributed by atoms with van der Waals surface area (Å²) in [7, 11) is 1.85. The van der Waals surface area contributed by atoms with Crippen LogP contribution in [0, 0.1) is 0 Å². The predicted molar refractivity (Wildman–Crippen MR) is 300 cm³/mol. The highest BCUT2D eigenvalue weighted by atomic mass is 16.8. The normalized spacial score (nSPS) is 48.5. The van der Waals surface area contributed by atoms with Crippen LogP contribution in [-0.4, -0.2) is 364 Å². The third-order valence-electron chi connectivity index (χ3n) is 18.4. The van der Waals surface area contributed by atoms with Gasteiger partial charge in [0, 0.05) is 36.6 Å². The summed E-state index contributed by atoms with van der Waals surface area (Å²) in [5, 5.41) is 227. The fourth-order valence-electron chi connectivity index (χ4n) is 13.1. The number of rotatable bonds is 9. The van der Waals surface area contributed by atoms with Gasteiger partial charge in [-0.25, -0.2) is 0 Å². The zero-order valence-electron chi connectivity index (χ0n) is 50.1. The zero-order valence-corrected chi connectivity index (χ0v) is 50.1. The van der Waals surface area contributed by atoms with E-state index in [9.17, 15) is 102 Å². The van der Waals surface area contributed by atoms with Crippen molar-refractivity contribution in [2.75, 3.05) is 51.6 Å². The SMILES string of the molecule is CN1/C(=C/c2cccc[n+]2C[C@H]2O[C@@H]3O[C@H]4[C@H](O)[C@@H](O)[C@@H](O[C@H]5[C@H](O)[C@@H](O)[C@@H](O[C@H]6[C@H](O)[C@@H](O)[C@@H](O[C@H]7[C@H](O)[C@@H](O)[C@@H](O[C@H]8[C@H](O)[C@@H](O)[C@@H](O[C@H]9[C@H](O)[C@@H](O)[C@@H](O[C@H]2[C@H](O)[C@H]3O)O[C@@H]9CO)O[C@@H]8CO)O[C@@H]7CO)O[C@@H]6CO)O[C@@H]5CO)O[C@@H]4CO)C=Cc2ccccc21. The molecule has 1 aromatic heterocycles. The minimum absolute atomic E-state index is 0.321. The topological polar surface area (TPSA) is 541 Å². The van der Waals surface area contributed by atoms with Crippen molar-refractivity contribution in [2.45, 2.75) is 221 Å². The molecule has 20 N–H and O–H groups in total. The standard InChI is InChI=1S/C58H83N2O34/c1-59-21(10-9-20-6-2-3-8-23(20)59)12-22-7-4-5-11-60(22)13-24-45-31(67)38(74)52(81-24)89-46-25(14-61)83-54(40(76)33(46)69)91-48-27(16-63)85-56(42(78)35(48)71)93-50-29(18-65)87-58(44(80)37(50)73)94-51-30(19-66)86-57(43(79)36(51)72)92-49-28(17-64)84-55(41(77)34(49)70)90-47-26(15-62)82-53(88-45)39(75)32(47)68/h2-12,24-58,61-80H,13-19H2,1H3/q+1/t24-,25-,26-,27-,28-,29-,30-,31-,32-,33-,34-,35-,36-,37-,38-,39-,40-,41-,42-,43-,44-,45-,46-,47-,48-,49-,50-,51-,52-,53-,54-,55-,56-,57-,58-/m1/s1. The number of aliphatic hydroxyl groups is 20. The zero-order chi connectivity index (χ0) is 67.3. The molecule has 23 heterocycles. The number of fused-ring (bicyclic) bond motifs is 1. The maximum atomic E-state index is 12.2. The van der Waals surface area contributed by atoms with E-state index in [0.29, 0.717) is 11.4 Å². The Kier molecular flexibility index (Phi) is 23.2. The average Bonchev–Trinajstić information content (AvgIpc) is 0.780. The van der Waals surface area contributed by atoms with Crippen LogP contribution in [-0.2, 0) is 72.9 Å². The van der Waals surface area contributed by atoms with E-state index in [-0.39, 0.29) is 6.54 Å². The van der Waals surface area contributed by atoms with E-state index in [1.165, 1.54) is 0 Å². The van der Waals surface area contributed by atoms with E-state index in [0.717, 1.165) is 11.3 Å². The summed E-state index contributed by atoms with van der Waals surface area (Å²) >= 11 is 0. The minimum Gasteiger partial charge on any atom is -0.394 e. The van der Waals surface area contributed by atoms with E-state index in [1.807, 2.05) is 54.4 Å². The maximum Gasteiger partial charge on any atom is 0.207 e. The Morgan fingerprint density at radius 1 is 0.330 bits per heavy atom. The van der Waals surface area contributed by atoms with Crippen molar-refractivity contribution in [3.63, 3.8) is 0 Å². The van der Waals surface area contributed by atoms with Gasteiger partial charge in [-0.2, -0.15) is 4.57 Å². The van der Waals surface area contributed by atoms with Crippen molar-refractivity contribution in [2.24, 2.45) is 0 Å². The summed E-state index contributed by atoms with van der Waals surface area (Å²) in [6, 6.07) is 12.8. The third kappa shape index (κ3) is 14.0. The van der Waals surface area contributed by atoms with Crippen molar-refractivity contribution < 1.29 is 173 Å². The number of benzene rings is 1. The summed E-state index contributed by atoms with van der Waals surface area (Å²) in [4.78, 5) is 1.94. The molecule has 0 radical (unpaired) electrons. The van der Waals surface area contributed by atoms with Gasteiger partial charge in [0.1, 0.15) is 171 Å². The summed E-state index contributed by atoms with van der Waals surface area (Å²) < 4.78 is 84.3. The van der Waals surface area contributed by atoms with Gasteiger partial charge in [-0.05, 0) is 23.8 Å².